The van der Waals surface area contributed by atoms with Crippen LogP contribution in [0.3, 0.4) is 0 Å². The average Bonchev–Trinajstić information content (AvgIpc) is 2.15. The van der Waals surface area contributed by atoms with Gasteiger partial charge in [-0.1, -0.05) is 37.3 Å². The zero-order valence-corrected chi connectivity index (χ0v) is 8.10. The number of benzene rings is 1. The van der Waals surface area contributed by atoms with Gasteiger partial charge in [0, 0.05) is 0 Å². The molecule has 2 nitrogen and oxygen atoms in total. The van der Waals surface area contributed by atoms with Gasteiger partial charge in [-0.15, -0.1) is 0 Å². The van der Waals surface area contributed by atoms with Crippen LogP contribution in [-0.2, 0) is 4.74 Å². The normalized spacial score (nSPS) is 15.3. The first-order valence-electron chi connectivity index (χ1n) is 4.62. The molecule has 1 aromatic rings. The second-order valence-corrected chi connectivity index (χ2v) is 3.04. The molecule has 0 aliphatic carbocycles. The maximum Gasteiger partial charge on any atom is 0.152 e. The fourth-order valence-corrected chi connectivity index (χ4v) is 1.32. The molecule has 0 saturated heterocycles. The van der Waals surface area contributed by atoms with Crippen LogP contribution in [0.15, 0.2) is 30.3 Å². The predicted molar refractivity (Wildman–Crippen MR) is 52.2 cm³/mol. The summed E-state index contributed by atoms with van der Waals surface area (Å²) in [4.78, 5) is 0. The Bertz CT molecular complexity index is 231. The van der Waals surface area contributed by atoms with Crippen molar-refractivity contribution in [2.24, 2.45) is 0 Å². The third kappa shape index (κ3) is 3.17. The van der Waals surface area contributed by atoms with Crippen molar-refractivity contribution in [1.29, 1.82) is 0 Å². The number of aliphatic hydroxyl groups excluding tert-OH is 1. The molecule has 2 heteroatoms. The van der Waals surface area contributed by atoms with Crippen LogP contribution in [-0.4, -0.2) is 11.4 Å². The minimum Gasteiger partial charge on any atom is -0.368 e. The highest BCUT2D eigenvalue weighted by atomic mass is 16.6. The Balaban J connectivity index is 2.67. The molecule has 0 spiro atoms. The van der Waals surface area contributed by atoms with E-state index in [4.69, 9.17) is 9.84 Å². The SMILES string of the molecule is CCC(OC(C)O)c1ccccc1. The van der Waals surface area contributed by atoms with E-state index >= 15 is 0 Å². The second-order valence-electron chi connectivity index (χ2n) is 3.04. The largest absolute Gasteiger partial charge is 0.368 e. The Morgan fingerprint density at radius 2 is 1.92 bits per heavy atom. The monoisotopic (exact) mass is 180 g/mol. The molecular formula is C11H16O2. The molecule has 1 N–H and O–H groups in total. The summed E-state index contributed by atoms with van der Waals surface area (Å²) in [5, 5.41) is 9.09. The van der Waals surface area contributed by atoms with Crippen LogP contribution in [0.25, 0.3) is 0 Å². The summed E-state index contributed by atoms with van der Waals surface area (Å²) in [7, 11) is 0. The molecule has 0 bridgehead atoms. The van der Waals surface area contributed by atoms with Gasteiger partial charge in [-0.3, -0.25) is 0 Å². The van der Waals surface area contributed by atoms with Crippen LogP contribution in [0.4, 0.5) is 0 Å². The van der Waals surface area contributed by atoms with Gasteiger partial charge in [-0.2, -0.15) is 0 Å². The Hall–Kier alpha value is -0.860. The second kappa shape index (κ2) is 5.00. The summed E-state index contributed by atoms with van der Waals surface area (Å²) in [6, 6.07) is 9.94. The smallest absolute Gasteiger partial charge is 0.152 e. The Morgan fingerprint density at radius 3 is 2.38 bits per heavy atom. The first-order chi connectivity index (χ1) is 6.24. The molecule has 2 atom stereocenters. The lowest BCUT2D eigenvalue weighted by Crippen LogP contribution is -2.12. The Kier molecular flexibility index (Phi) is 3.93. The molecule has 13 heavy (non-hydrogen) atoms. The van der Waals surface area contributed by atoms with E-state index in [1.54, 1.807) is 6.92 Å². The molecule has 2 unspecified atom stereocenters. The van der Waals surface area contributed by atoms with E-state index in [1.165, 1.54) is 0 Å². The van der Waals surface area contributed by atoms with Gasteiger partial charge >= 0.3 is 0 Å². The molecule has 0 aliphatic heterocycles. The van der Waals surface area contributed by atoms with Crippen LogP contribution >= 0.6 is 0 Å². The third-order valence-electron chi connectivity index (χ3n) is 1.90. The summed E-state index contributed by atoms with van der Waals surface area (Å²) >= 11 is 0. The van der Waals surface area contributed by atoms with E-state index in [0.717, 1.165) is 12.0 Å². The van der Waals surface area contributed by atoms with Gasteiger partial charge in [0.2, 0.25) is 0 Å². The number of hydrogen-bond acceptors (Lipinski definition) is 2. The van der Waals surface area contributed by atoms with Crippen molar-refractivity contribution in [2.75, 3.05) is 0 Å². The van der Waals surface area contributed by atoms with Gasteiger partial charge in [0.25, 0.3) is 0 Å². The van der Waals surface area contributed by atoms with Crippen molar-refractivity contribution >= 4 is 0 Å². The minimum absolute atomic E-state index is 0.00111. The summed E-state index contributed by atoms with van der Waals surface area (Å²) in [5.74, 6) is 0. The number of hydrogen-bond donors (Lipinski definition) is 1. The van der Waals surface area contributed by atoms with E-state index in [2.05, 4.69) is 0 Å². The highest BCUT2D eigenvalue weighted by Crippen LogP contribution is 2.21. The molecule has 0 radical (unpaired) electrons. The maximum atomic E-state index is 9.09. The first-order valence-corrected chi connectivity index (χ1v) is 4.62. The lowest BCUT2D eigenvalue weighted by molar-refractivity contribution is -0.126. The molecule has 0 aliphatic rings. The summed E-state index contributed by atoms with van der Waals surface area (Å²) in [6.07, 6.45) is 0.168. The zero-order chi connectivity index (χ0) is 9.68. The molecule has 0 saturated carbocycles. The van der Waals surface area contributed by atoms with E-state index in [-0.39, 0.29) is 6.10 Å². The van der Waals surface area contributed by atoms with Gasteiger partial charge in [-0.05, 0) is 18.9 Å². The molecule has 1 aromatic carbocycles. The lowest BCUT2D eigenvalue weighted by Gasteiger charge is -2.18. The van der Waals surface area contributed by atoms with E-state index in [9.17, 15) is 0 Å². The number of rotatable bonds is 4. The minimum atomic E-state index is -0.704. The maximum absolute atomic E-state index is 9.09. The van der Waals surface area contributed by atoms with Crippen LogP contribution < -0.4 is 0 Å². The van der Waals surface area contributed by atoms with Crippen molar-refractivity contribution in [3.05, 3.63) is 35.9 Å². The fourth-order valence-electron chi connectivity index (χ4n) is 1.32. The molecule has 0 amide bonds. The van der Waals surface area contributed by atoms with Crippen LogP contribution in [0.1, 0.15) is 31.9 Å². The summed E-state index contributed by atoms with van der Waals surface area (Å²) in [5.41, 5.74) is 1.12. The Labute approximate surface area is 79.2 Å². The van der Waals surface area contributed by atoms with Crippen molar-refractivity contribution in [3.63, 3.8) is 0 Å². The quantitative estimate of drug-likeness (QED) is 0.721. The van der Waals surface area contributed by atoms with Crippen LogP contribution in [0.5, 0.6) is 0 Å². The highest BCUT2D eigenvalue weighted by molar-refractivity contribution is 5.17. The van der Waals surface area contributed by atoms with E-state index < -0.39 is 6.29 Å². The fraction of sp³-hybridized carbons (Fsp3) is 0.455. The standard InChI is InChI=1S/C11H16O2/c1-3-11(13-9(2)12)10-7-5-4-6-8-10/h4-9,11-12H,3H2,1-2H3. The van der Waals surface area contributed by atoms with Crippen molar-refractivity contribution in [2.45, 2.75) is 32.7 Å². The van der Waals surface area contributed by atoms with Crippen molar-refractivity contribution < 1.29 is 9.84 Å². The third-order valence-corrected chi connectivity index (χ3v) is 1.90. The van der Waals surface area contributed by atoms with Crippen LogP contribution in [0, 0.1) is 0 Å². The topological polar surface area (TPSA) is 29.5 Å². The van der Waals surface area contributed by atoms with Gasteiger partial charge in [0.15, 0.2) is 6.29 Å². The van der Waals surface area contributed by atoms with Gasteiger partial charge < -0.3 is 9.84 Å². The molecular weight excluding hydrogens is 164 g/mol. The van der Waals surface area contributed by atoms with Gasteiger partial charge in [0.1, 0.15) is 0 Å². The molecule has 0 heterocycles. The van der Waals surface area contributed by atoms with E-state index in [1.807, 2.05) is 37.3 Å². The lowest BCUT2D eigenvalue weighted by atomic mass is 10.1. The van der Waals surface area contributed by atoms with Gasteiger partial charge in [-0.25, -0.2) is 0 Å². The van der Waals surface area contributed by atoms with Crippen molar-refractivity contribution in [1.82, 2.24) is 0 Å². The van der Waals surface area contributed by atoms with Crippen LogP contribution in [0.2, 0.25) is 0 Å². The van der Waals surface area contributed by atoms with Crippen molar-refractivity contribution in [3.8, 4) is 0 Å². The highest BCUT2D eigenvalue weighted by Gasteiger charge is 2.10. The predicted octanol–water partition coefficient (Wildman–Crippen LogP) is 2.49. The van der Waals surface area contributed by atoms with Gasteiger partial charge in [0.05, 0.1) is 6.10 Å². The zero-order valence-electron chi connectivity index (χ0n) is 8.10. The Morgan fingerprint density at radius 1 is 1.31 bits per heavy atom. The molecule has 0 fully saturated rings. The summed E-state index contributed by atoms with van der Waals surface area (Å²) < 4.78 is 5.34. The number of aliphatic hydroxyl groups is 1. The first kappa shape index (κ1) is 10.2. The van der Waals surface area contributed by atoms with E-state index in [0.29, 0.717) is 0 Å². The summed E-state index contributed by atoms with van der Waals surface area (Å²) in [6.45, 7) is 3.67. The average molecular weight is 180 g/mol. The molecule has 1 rings (SSSR count). The molecule has 0 aromatic heterocycles. The molecule has 72 valence electrons. The number of ether oxygens (including phenoxy) is 1.